The van der Waals surface area contributed by atoms with Gasteiger partial charge in [0.15, 0.2) is 0 Å². The molecule has 0 bridgehead atoms. The van der Waals surface area contributed by atoms with E-state index in [1.165, 1.54) is 17.2 Å². The molecule has 0 aliphatic carbocycles. The molecule has 0 unspecified atom stereocenters. The number of carbonyl (C=O) groups is 1. The molecule has 1 aliphatic rings. The van der Waals surface area contributed by atoms with Gasteiger partial charge in [-0.2, -0.15) is 0 Å². The van der Waals surface area contributed by atoms with Crippen LogP contribution in [0.5, 0.6) is 0 Å². The first-order chi connectivity index (χ1) is 8.81. The second-order valence-corrected chi connectivity index (χ2v) is 4.03. The zero-order valence-electron chi connectivity index (χ0n) is 10.5. The smallest absolute Gasteiger partial charge is 0.330 e. The van der Waals surface area contributed by atoms with Crippen LogP contribution in [0.1, 0.15) is 18.9 Å². The average Bonchev–Trinajstić information content (AvgIpc) is 2.39. The number of nitrogens with one attached hydrogen (secondary N) is 1. The summed E-state index contributed by atoms with van der Waals surface area (Å²) in [5.74, 6) is -0.295. The van der Waals surface area contributed by atoms with Crippen molar-refractivity contribution in [3.8, 4) is 0 Å². The molecule has 94 valence electrons. The Kier molecular flexibility index (Phi) is 4.18. The van der Waals surface area contributed by atoms with Gasteiger partial charge in [-0.15, -0.1) is 0 Å². The summed E-state index contributed by atoms with van der Waals surface area (Å²) in [5.41, 5.74) is 3.60. The Labute approximate surface area is 107 Å². The molecule has 1 aliphatic heterocycles. The Bertz CT molecular complexity index is 489. The normalized spacial score (nSPS) is 16.4. The lowest BCUT2D eigenvalue weighted by molar-refractivity contribution is -0.137. The zero-order chi connectivity index (χ0) is 12.8. The fourth-order valence-corrected chi connectivity index (χ4v) is 1.99. The van der Waals surface area contributed by atoms with Crippen LogP contribution in [0.3, 0.4) is 0 Å². The molecule has 0 radical (unpaired) electrons. The highest BCUT2D eigenvalue weighted by molar-refractivity contribution is 5.84. The number of anilines is 1. The van der Waals surface area contributed by atoms with Crippen molar-refractivity contribution < 1.29 is 9.53 Å². The van der Waals surface area contributed by atoms with Crippen LogP contribution in [0.15, 0.2) is 42.5 Å². The van der Waals surface area contributed by atoms with E-state index >= 15 is 0 Å². The van der Waals surface area contributed by atoms with Gasteiger partial charge < -0.3 is 10.1 Å². The van der Waals surface area contributed by atoms with E-state index < -0.39 is 0 Å². The predicted molar refractivity (Wildman–Crippen MR) is 73.3 cm³/mol. The molecule has 0 atom stereocenters. The Hall–Kier alpha value is -2.03. The van der Waals surface area contributed by atoms with E-state index in [4.69, 9.17) is 4.74 Å². The number of allylic oxidation sites excluding steroid dienone is 2. The topological polar surface area (TPSA) is 38.3 Å². The van der Waals surface area contributed by atoms with E-state index in [9.17, 15) is 4.79 Å². The van der Waals surface area contributed by atoms with Crippen molar-refractivity contribution in [1.82, 2.24) is 0 Å². The van der Waals surface area contributed by atoms with Crippen molar-refractivity contribution >= 4 is 17.2 Å². The third-order valence-corrected chi connectivity index (χ3v) is 2.80. The largest absolute Gasteiger partial charge is 0.463 e. The van der Waals surface area contributed by atoms with Crippen LogP contribution in [0.4, 0.5) is 5.69 Å². The Morgan fingerprint density at radius 2 is 2.28 bits per heavy atom. The molecule has 0 saturated heterocycles. The van der Waals surface area contributed by atoms with E-state index in [0.29, 0.717) is 6.61 Å². The first-order valence-electron chi connectivity index (χ1n) is 6.18. The fraction of sp³-hybridized carbons (Fsp3) is 0.267. The van der Waals surface area contributed by atoms with Gasteiger partial charge in [-0.3, -0.25) is 0 Å². The molecule has 0 saturated carbocycles. The maximum Gasteiger partial charge on any atom is 0.330 e. The summed E-state index contributed by atoms with van der Waals surface area (Å²) in [6, 6.07) is 8.20. The van der Waals surface area contributed by atoms with Crippen molar-refractivity contribution in [1.29, 1.82) is 0 Å². The zero-order valence-corrected chi connectivity index (χ0v) is 10.5. The monoisotopic (exact) mass is 243 g/mol. The number of fused-ring (bicyclic) bond motifs is 1. The number of carbonyl (C=O) groups excluding carboxylic acids is 1. The van der Waals surface area contributed by atoms with Crippen LogP contribution in [-0.2, 0) is 9.53 Å². The molecule has 0 aromatic heterocycles. The summed E-state index contributed by atoms with van der Waals surface area (Å²) in [6.45, 7) is 3.13. The van der Waals surface area contributed by atoms with Crippen LogP contribution in [0, 0.1) is 0 Å². The minimum Gasteiger partial charge on any atom is -0.463 e. The maximum atomic E-state index is 11.2. The van der Waals surface area contributed by atoms with Crippen LogP contribution in [0.25, 0.3) is 5.57 Å². The van der Waals surface area contributed by atoms with Crippen molar-refractivity contribution in [2.75, 3.05) is 18.5 Å². The second-order valence-electron chi connectivity index (χ2n) is 4.03. The quantitative estimate of drug-likeness (QED) is 0.655. The number of hydrogen-bond donors (Lipinski definition) is 1. The second kappa shape index (κ2) is 6.05. The summed E-state index contributed by atoms with van der Waals surface area (Å²) in [4.78, 5) is 11.2. The number of rotatable bonds is 3. The molecular formula is C15H17NO2. The highest BCUT2D eigenvalue weighted by atomic mass is 16.5. The average molecular weight is 243 g/mol. The van der Waals surface area contributed by atoms with E-state index in [1.807, 2.05) is 18.2 Å². The minimum atomic E-state index is -0.295. The number of benzene rings is 1. The lowest BCUT2D eigenvalue weighted by atomic mass is 9.97. The van der Waals surface area contributed by atoms with Gasteiger partial charge in [0.2, 0.25) is 0 Å². The van der Waals surface area contributed by atoms with Gasteiger partial charge in [-0.25, -0.2) is 4.79 Å². The van der Waals surface area contributed by atoms with Crippen LogP contribution in [-0.4, -0.2) is 19.1 Å². The first-order valence-corrected chi connectivity index (χ1v) is 6.18. The van der Waals surface area contributed by atoms with Crippen molar-refractivity contribution in [3.05, 3.63) is 48.1 Å². The third-order valence-electron chi connectivity index (χ3n) is 2.80. The van der Waals surface area contributed by atoms with E-state index in [-0.39, 0.29) is 5.97 Å². The third kappa shape index (κ3) is 3.00. The molecule has 1 aromatic carbocycles. The molecule has 1 heterocycles. The number of hydrogen-bond acceptors (Lipinski definition) is 3. The van der Waals surface area contributed by atoms with Gasteiger partial charge in [0, 0.05) is 23.9 Å². The first kappa shape index (κ1) is 12.4. The standard InChI is InChI=1S/C15H17NO2/c1-2-18-15(17)9-5-6-12-10-11-16-14-8-4-3-7-13(12)14/h3-9,16H,2,10-11H2,1H3. The molecule has 18 heavy (non-hydrogen) atoms. The number of para-hydroxylation sites is 1. The molecule has 3 nitrogen and oxygen atoms in total. The minimum absolute atomic E-state index is 0.295. The molecule has 0 amide bonds. The molecule has 1 aromatic rings. The molecule has 0 spiro atoms. The summed E-state index contributed by atoms with van der Waals surface area (Å²) < 4.78 is 4.83. The molecule has 1 N–H and O–H groups in total. The van der Waals surface area contributed by atoms with E-state index in [0.717, 1.165) is 18.7 Å². The highest BCUT2D eigenvalue weighted by Gasteiger charge is 2.11. The summed E-state index contributed by atoms with van der Waals surface area (Å²) in [5, 5.41) is 3.36. The molecule has 2 rings (SSSR count). The van der Waals surface area contributed by atoms with Gasteiger partial charge in [-0.1, -0.05) is 30.4 Å². The van der Waals surface area contributed by atoms with Crippen LogP contribution >= 0.6 is 0 Å². The highest BCUT2D eigenvalue weighted by Crippen LogP contribution is 2.30. The molecule has 0 fully saturated rings. The maximum absolute atomic E-state index is 11.2. The Morgan fingerprint density at radius 3 is 3.11 bits per heavy atom. The van der Waals surface area contributed by atoms with Crippen LogP contribution in [0.2, 0.25) is 0 Å². The van der Waals surface area contributed by atoms with Gasteiger partial charge in [-0.05, 0) is 25.0 Å². The van der Waals surface area contributed by atoms with Crippen molar-refractivity contribution in [2.24, 2.45) is 0 Å². The van der Waals surface area contributed by atoms with Gasteiger partial charge in [0.25, 0.3) is 0 Å². The lowest BCUT2D eigenvalue weighted by Gasteiger charge is -2.20. The summed E-state index contributed by atoms with van der Waals surface area (Å²) in [6.07, 6.45) is 6.16. The van der Waals surface area contributed by atoms with E-state index in [1.54, 1.807) is 13.0 Å². The van der Waals surface area contributed by atoms with Gasteiger partial charge in [0.05, 0.1) is 6.61 Å². The number of esters is 1. The van der Waals surface area contributed by atoms with Gasteiger partial charge >= 0.3 is 5.97 Å². The van der Waals surface area contributed by atoms with E-state index in [2.05, 4.69) is 17.4 Å². The van der Waals surface area contributed by atoms with Crippen molar-refractivity contribution in [3.63, 3.8) is 0 Å². The fourth-order valence-electron chi connectivity index (χ4n) is 1.99. The molecular weight excluding hydrogens is 226 g/mol. The Morgan fingerprint density at radius 1 is 1.44 bits per heavy atom. The van der Waals surface area contributed by atoms with Crippen LogP contribution < -0.4 is 5.32 Å². The van der Waals surface area contributed by atoms with Gasteiger partial charge in [0.1, 0.15) is 0 Å². The number of ether oxygens (including phenoxy) is 1. The van der Waals surface area contributed by atoms with Crippen molar-refractivity contribution in [2.45, 2.75) is 13.3 Å². The SMILES string of the molecule is CCOC(=O)C=CC=C1CCNc2ccccc21. The summed E-state index contributed by atoms with van der Waals surface area (Å²) in [7, 11) is 0. The molecule has 3 heteroatoms. The predicted octanol–water partition coefficient (Wildman–Crippen LogP) is 3.00. The lowest BCUT2D eigenvalue weighted by Crippen LogP contribution is -2.10. The summed E-state index contributed by atoms with van der Waals surface area (Å²) >= 11 is 0. The Balaban J connectivity index is 2.13.